The van der Waals surface area contributed by atoms with Gasteiger partial charge in [-0.3, -0.25) is 4.90 Å². The van der Waals surface area contributed by atoms with Crippen LogP contribution in [0.2, 0.25) is 0 Å². The average Bonchev–Trinajstić information content (AvgIpc) is 2.82. The molecule has 2 amide bonds. The van der Waals surface area contributed by atoms with Gasteiger partial charge in [0, 0.05) is 23.8 Å². The third kappa shape index (κ3) is 4.65. The van der Waals surface area contributed by atoms with Gasteiger partial charge in [-0.15, -0.1) is 18.3 Å². The van der Waals surface area contributed by atoms with E-state index in [4.69, 9.17) is 5.11 Å². The van der Waals surface area contributed by atoms with Crippen molar-refractivity contribution >= 4 is 35.5 Å². The standard InChI is InChI=1S/C12H20N2O3S2/c1-3-6-18-7-5-13-12(17)14-9(11(15)16)8-19-10(14)4-2/h3,9-10H,1,4-8H2,2H3,(H,13,17)(H,15,16). The summed E-state index contributed by atoms with van der Waals surface area (Å²) >= 11 is 3.21. The van der Waals surface area contributed by atoms with Gasteiger partial charge in [0.15, 0.2) is 0 Å². The molecule has 2 unspecified atom stereocenters. The molecule has 0 aliphatic carbocycles. The summed E-state index contributed by atoms with van der Waals surface area (Å²) in [6, 6.07) is -0.987. The van der Waals surface area contributed by atoms with Crippen LogP contribution in [0.3, 0.4) is 0 Å². The molecule has 2 atom stereocenters. The van der Waals surface area contributed by atoms with Crippen LogP contribution in [0.25, 0.3) is 0 Å². The Balaban J connectivity index is 2.46. The van der Waals surface area contributed by atoms with Gasteiger partial charge in [0.05, 0.1) is 5.37 Å². The van der Waals surface area contributed by atoms with E-state index < -0.39 is 12.0 Å². The van der Waals surface area contributed by atoms with Gasteiger partial charge in [-0.05, 0) is 6.42 Å². The number of thioether (sulfide) groups is 2. The number of carboxylic acid groups (broad SMARTS) is 1. The van der Waals surface area contributed by atoms with Crippen LogP contribution in [0.4, 0.5) is 4.79 Å². The van der Waals surface area contributed by atoms with E-state index in [1.54, 1.807) is 11.8 Å². The van der Waals surface area contributed by atoms with Crippen molar-refractivity contribution in [3.05, 3.63) is 12.7 Å². The Bertz CT molecular complexity index is 339. The zero-order valence-corrected chi connectivity index (χ0v) is 12.6. The average molecular weight is 304 g/mol. The zero-order chi connectivity index (χ0) is 14.3. The third-order valence-electron chi connectivity index (χ3n) is 2.72. The molecule has 1 heterocycles. The van der Waals surface area contributed by atoms with E-state index >= 15 is 0 Å². The van der Waals surface area contributed by atoms with Gasteiger partial charge in [-0.25, -0.2) is 9.59 Å². The number of carbonyl (C=O) groups excluding carboxylic acids is 1. The van der Waals surface area contributed by atoms with Crippen molar-refractivity contribution in [3.8, 4) is 0 Å². The maximum absolute atomic E-state index is 12.1. The van der Waals surface area contributed by atoms with Crippen LogP contribution >= 0.6 is 23.5 Å². The summed E-state index contributed by atoms with van der Waals surface area (Å²) in [6.45, 7) is 6.13. The largest absolute Gasteiger partial charge is 0.480 e. The maximum atomic E-state index is 12.1. The fourth-order valence-electron chi connectivity index (χ4n) is 1.83. The van der Waals surface area contributed by atoms with Crippen LogP contribution in [-0.4, -0.2) is 57.2 Å². The van der Waals surface area contributed by atoms with Crippen LogP contribution in [-0.2, 0) is 4.79 Å². The number of nitrogens with zero attached hydrogens (tertiary/aromatic N) is 1. The molecule has 0 aromatic carbocycles. The number of hydrogen-bond donors (Lipinski definition) is 2. The molecule has 0 aromatic heterocycles. The van der Waals surface area contributed by atoms with Gasteiger partial charge in [-0.2, -0.15) is 11.8 Å². The first-order valence-electron chi connectivity index (χ1n) is 6.21. The van der Waals surface area contributed by atoms with Crippen molar-refractivity contribution in [1.82, 2.24) is 10.2 Å². The molecule has 0 spiro atoms. The molecule has 1 saturated heterocycles. The van der Waals surface area contributed by atoms with E-state index in [1.165, 1.54) is 16.7 Å². The molecule has 7 heteroatoms. The topological polar surface area (TPSA) is 69.6 Å². The van der Waals surface area contributed by atoms with E-state index in [1.807, 2.05) is 13.0 Å². The van der Waals surface area contributed by atoms with Crippen LogP contribution in [0.5, 0.6) is 0 Å². The first-order chi connectivity index (χ1) is 9.11. The lowest BCUT2D eigenvalue weighted by Gasteiger charge is -2.26. The summed E-state index contributed by atoms with van der Waals surface area (Å²) in [4.78, 5) is 24.7. The highest BCUT2D eigenvalue weighted by molar-refractivity contribution is 8.00. The second-order valence-corrected chi connectivity index (χ2v) is 6.41. The highest BCUT2D eigenvalue weighted by Gasteiger charge is 2.40. The van der Waals surface area contributed by atoms with Gasteiger partial charge in [-0.1, -0.05) is 13.0 Å². The molecule has 108 valence electrons. The van der Waals surface area contributed by atoms with Crippen LogP contribution < -0.4 is 5.32 Å². The fraction of sp³-hybridized carbons (Fsp3) is 0.667. The molecular weight excluding hydrogens is 284 g/mol. The van der Waals surface area contributed by atoms with Gasteiger partial charge < -0.3 is 10.4 Å². The predicted molar refractivity (Wildman–Crippen MR) is 80.7 cm³/mol. The highest BCUT2D eigenvalue weighted by Crippen LogP contribution is 2.31. The van der Waals surface area contributed by atoms with E-state index in [0.717, 1.165) is 17.9 Å². The predicted octanol–water partition coefficient (Wildman–Crippen LogP) is 1.85. The van der Waals surface area contributed by atoms with E-state index in [2.05, 4.69) is 11.9 Å². The number of rotatable bonds is 7. The Labute approximate surface area is 122 Å². The number of nitrogens with one attached hydrogen (secondary N) is 1. The minimum atomic E-state index is -0.931. The lowest BCUT2D eigenvalue weighted by molar-refractivity contribution is -0.141. The van der Waals surface area contributed by atoms with Crippen molar-refractivity contribution in [2.75, 3.05) is 23.8 Å². The van der Waals surface area contributed by atoms with E-state index in [0.29, 0.717) is 12.3 Å². The van der Waals surface area contributed by atoms with Crippen molar-refractivity contribution in [2.24, 2.45) is 0 Å². The van der Waals surface area contributed by atoms with Gasteiger partial charge in [0.25, 0.3) is 0 Å². The zero-order valence-electron chi connectivity index (χ0n) is 11.0. The first-order valence-corrected chi connectivity index (χ1v) is 8.41. The summed E-state index contributed by atoms with van der Waals surface area (Å²) in [5.41, 5.74) is 0. The monoisotopic (exact) mass is 304 g/mol. The van der Waals surface area contributed by atoms with Crippen molar-refractivity contribution in [2.45, 2.75) is 24.8 Å². The number of carbonyl (C=O) groups is 2. The lowest BCUT2D eigenvalue weighted by Crippen LogP contribution is -2.50. The molecule has 0 radical (unpaired) electrons. The van der Waals surface area contributed by atoms with Crippen LogP contribution in [0.1, 0.15) is 13.3 Å². The van der Waals surface area contributed by atoms with Gasteiger partial charge >= 0.3 is 12.0 Å². The molecule has 2 N–H and O–H groups in total. The van der Waals surface area contributed by atoms with Gasteiger partial charge in [0.2, 0.25) is 0 Å². The Morgan fingerprint density at radius 1 is 1.63 bits per heavy atom. The second-order valence-electron chi connectivity index (χ2n) is 4.05. The number of aliphatic carboxylic acids is 1. The molecule has 5 nitrogen and oxygen atoms in total. The maximum Gasteiger partial charge on any atom is 0.327 e. The van der Waals surface area contributed by atoms with Crippen LogP contribution in [0, 0.1) is 0 Å². The third-order valence-corrected chi connectivity index (χ3v) is 5.14. The van der Waals surface area contributed by atoms with Crippen molar-refractivity contribution in [3.63, 3.8) is 0 Å². The molecule has 19 heavy (non-hydrogen) atoms. The molecule has 1 rings (SSSR count). The Hall–Kier alpha value is -0.820. The van der Waals surface area contributed by atoms with Gasteiger partial charge in [0.1, 0.15) is 6.04 Å². The molecule has 0 bridgehead atoms. The van der Waals surface area contributed by atoms with Crippen molar-refractivity contribution in [1.29, 1.82) is 0 Å². The molecule has 0 saturated carbocycles. The summed E-state index contributed by atoms with van der Waals surface area (Å²) < 4.78 is 0. The minimum absolute atomic E-state index is 0.0399. The Morgan fingerprint density at radius 3 is 2.95 bits per heavy atom. The van der Waals surface area contributed by atoms with E-state index in [9.17, 15) is 9.59 Å². The molecular formula is C12H20N2O3S2. The quantitative estimate of drug-likeness (QED) is 0.555. The van der Waals surface area contributed by atoms with E-state index in [-0.39, 0.29) is 11.4 Å². The molecule has 1 aliphatic heterocycles. The molecule has 1 fully saturated rings. The normalized spacial score (nSPS) is 22.3. The van der Waals surface area contributed by atoms with Crippen molar-refractivity contribution < 1.29 is 14.7 Å². The smallest absolute Gasteiger partial charge is 0.327 e. The second kappa shape index (κ2) is 8.37. The fourth-order valence-corrected chi connectivity index (χ4v) is 3.76. The molecule has 1 aliphatic rings. The highest BCUT2D eigenvalue weighted by atomic mass is 32.2. The summed E-state index contributed by atoms with van der Waals surface area (Å²) in [7, 11) is 0. The van der Waals surface area contributed by atoms with Crippen LogP contribution in [0.15, 0.2) is 12.7 Å². The number of urea groups is 1. The summed E-state index contributed by atoms with van der Waals surface area (Å²) in [5, 5.41) is 11.9. The lowest BCUT2D eigenvalue weighted by atomic mass is 10.3. The number of amides is 2. The summed E-state index contributed by atoms with van der Waals surface area (Å²) in [5.74, 6) is 1.18. The first kappa shape index (κ1) is 16.2. The minimum Gasteiger partial charge on any atom is -0.480 e. The number of hydrogen-bond acceptors (Lipinski definition) is 4. The Kier molecular flexibility index (Phi) is 7.15. The molecule has 0 aromatic rings. The SMILES string of the molecule is C=CCSCCNC(=O)N1C(CC)SCC1C(=O)O. The number of carboxylic acids is 1. The summed E-state index contributed by atoms with van der Waals surface area (Å²) in [6.07, 6.45) is 2.57. The Morgan fingerprint density at radius 2 is 2.37 bits per heavy atom.